The summed E-state index contributed by atoms with van der Waals surface area (Å²) in [7, 11) is 0. The van der Waals surface area contributed by atoms with Gasteiger partial charge in [0.2, 0.25) is 0 Å². The molecule has 0 aliphatic carbocycles. The zero-order chi connectivity index (χ0) is 11.1. The van der Waals surface area contributed by atoms with Crippen LogP contribution in [-0.2, 0) is 9.59 Å². The third-order valence-corrected chi connectivity index (χ3v) is 1.05. The van der Waals surface area contributed by atoms with Crippen molar-refractivity contribution in [3.63, 3.8) is 0 Å². The molecule has 0 saturated carbocycles. The lowest BCUT2D eigenvalue weighted by atomic mass is 9.93. The Morgan fingerprint density at radius 2 is 1.21 bits per heavy atom. The molecule has 0 amide bonds. The van der Waals surface area contributed by atoms with Crippen molar-refractivity contribution in [1.29, 1.82) is 0 Å². The third-order valence-electron chi connectivity index (χ3n) is 1.05. The Morgan fingerprint density at radius 1 is 0.929 bits per heavy atom. The second-order valence-corrected chi connectivity index (χ2v) is 5.42. The lowest BCUT2D eigenvalue weighted by Crippen LogP contribution is -2.04. The van der Waals surface area contributed by atoms with Crippen molar-refractivity contribution in [3.05, 3.63) is 0 Å². The van der Waals surface area contributed by atoms with E-state index in [-0.39, 0.29) is 18.3 Å². The van der Waals surface area contributed by atoms with Crippen LogP contribution in [-0.4, -0.2) is 12.6 Å². The van der Waals surface area contributed by atoms with Gasteiger partial charge in [-0.05, 0) is 5.41 Å². The van der Waals surface area contributed by atoms with Crippen LogP contribution in [0.2, 0.25) is 0 Å². The monoisotopic (exact) mass is 202 g/mol. The van der Waals surface area contributed by atoms with E-state index in [1.807, 2.05) is 41.5 Å². The lowest BCUT2D eigenvalue weighted by molar-refractivity contribution is -0.114. The molecule has 0 fully saturated rings. The quantitative estimate of drug-likeness (QED) is 0.610. The molecule has 0 aliphatic heterocycles. The van der Waals surface area contributed by atoms with Gasteiger partial charge in [-0.3, -0.25) is 0 Å². The fourth-order valence-electron chi connectivity index (χ4n) is 0.250. The van der Waals surface area contributed by atoms with Crippen molar-refractivity contribution >= 4 is 12.6 Å². The molecule has 0 N–H and O–H groups in total. The van der Waals surface area contributed by atoms with E-state index >= 15 is 0 Å². The topological polar surface area (TPSA) is 34.1 Å². The number of carbonyl (C=O) groups is 2. The van der Waals surface area contributed by atoms with Crippen molar-refractivity contribution in [3.8, 4) is 0 Å². The number of aldehydes is 2. The molecule has 86 valence electrons. The molecule has 0 bridgehead atoms. The number of rotatable bonds is 1. The smallest absolute Gasteiger partial charge is 0.125 e. The predicted molar refractivity (Wildman–Crippen MR) is 62.4 cm³/mol. The Hall–Kier alpha value is -0.660. The largest absolute Gasteiger partial charge is 0.303 e. The number of hydrogen-bond donors (Lipinski definition) is 0. The van der Waals surface area contributed by atoms with Crippen LogP contribution < -0.4 is 0 Å². The molecule has 0 atom stereocenters. The molecular formula is C12H26O2. The standard InChI is InChI=1S/C6H12O.C5H10O.CH4/c1-6(2,3)4-5-7;1-5(2,3)4-6;/h5H,4H2,1-3H3;4H,1-3H3;1H4. The van der Waals surface area contributed by atoms with Crippen LogP contribution in [0.3, 0.4) is 0 Å². The lowest BCUT2D eigenvalue weighted by Gasteiger charge is -2.11. The van der Waals surface area contributed by atoms with Crippen LogP contribution in [0.4, 0.5) is 0 Å². The Labute approximate surface area is 89.1 Å². The van der Waals surface area contributed by atoms with E-state index in [2.05, 4.69) is 0 Å². The van der Waals surface area contributed by atoms with Gasteiger partial charge in [-0.1, -0.05) is 49.0 Å². The minimum atomic E-state index is -0.139. The van der Waals surface area contributed by atoms with Gasteiger partial charge < -0.3 is 9.59 Å². The van der Waals surface area contributed by atoms with Crippen LogP contribution in [0.25, 0.3) is 0 Å². The second kappa shape index (κ2) is 7.72. The van der Waals surface area contributed by atoms with Gasteiger partial charge in [0.15, 0.2) is 0 Å². The highest BCUT2D eigenvalue weighted by atomic mass is 16.1. The van der Waals surface area contributed by atoms with Gasteiger partial charge in [0.1, 0.15) is 12.6 Å². The maximum atomic E-state index is 9.83. The molecule has 0 aromatic carbocycles. The highest BCUT2D eigenvalue weighted by Gasteiger charge is 2.06. The van der Waals surface area contributed by atoms with Gasteiger partial charge in [0, 0.05) is 11.8 Å². The minimum Gasteiger partial charge on any atom is -0.303 e. The molecule has 2 nitrogen and oxygen atoms in total. The Bertz CT molecular complexity index is 147. The van der Waals surface area contributed by atoms with Gasteiger partial charge in [-0.25, -0.2) is 0 Å². The van der Waals surface area contributed by atoms with Crippen LogP contribution in [0.15, 0.2) is 0 Å². The van der Waals surface area contributed by atoms with Crippen molar-refractivity contribution in [2.24, 2.45) is 10.8 Å². The summed E-state index contributed by atoms with van der Waals surface area (Å²) in [4.78, 5) is 19.6. The number of hydrogen-bond acceptors (Lipinski definition) is 2. The normalized spacial score (nSPS) is 10.4. The first-order chi connectivity index (χ1) is 5.62. The first kappa shape index (κ1) is 19.0. The summed E-state index contributed by atoms with van der Waals surface area (Å²) in [5.41, 5.74) is 0.0434. The molecule has 0 saturated heterocycles. The van der Waals surface area contributed by atoms with E-state index < -0.39 is 0 Å². The highest BCUT2D eigenvalue weighted by Crippen LogP contribution is 2.15. The van der Waals surface area contributed by atoms with Crippen molar-refractivity contribution < 1.29 is 9.59 Å². The van der Waals surface area contributed by atoms with E-state index in [0.29, 0.717) is 6.42 Å². The predicted octanol–water partition coefficient (Wildman–Crippen LogP) is 3.49. The summed E-state index contributed by atoms with van der Waals surface area (Å²) in [6.07, 6.45) is 2.56. The minimum absolute atomic E-state index is 0. The van der Waals surface area contributed by atoms with Crippen molar-refractivity contribution in [2.45, 2.75) is 55.4 Å². The fourth-order valence-corrected chi connectivity index (χ4v) is 0.250. The molecular weight excluding hydrogens is 176 g/mol. The molecule has 2 heteroatoms. The third kappa shape index (κ3) is 30.2. The molecule has 0 unspecified atom stereocenters. The fraction of sp³-hybridized carbons (Fsp3) is 0.833. The molecule has 14 heavy (non-hydrogen) atoms. The molecule has 0 heterocycles. The zero-order valence-electron chi connectivity index (χ0n) is 9.68. The summed E-state index contributed by atoms with van der Waals surface area (Å²) in [6, 6.07) is 0. The van der Waals surface area contributed by atoms with E-state index in [1.54, 1.807) is 0 Å². The number of carbonyl (C=O) groups excluding carboxylic acids is 2. The van der Waals surface area contributed by atoms with Crippen LogP contribution in [0.1, 0.15) is 55.4 Å². The molecule has 0 radical (unpaired) electrons. The van der Waals surface area contributed by atoms with Crippen LogP contribution >= 0.6 is 0 Å². The first-order valence-corrected chi connectivity index (χ1v) is 4.52. The van der Waals surface area contributed by atoms with E-state index in [0.717, 1.165) is 12.6 Å². The highest BCUT2D eigenvalue weighted by molar-refractivity contribution is 5.56. The summed E-state index contributed by atoms with van der Waals surface area (Å²) < 4.78 is 0. The SMILES string of the molecule is C.CC(C)(C)C=O.CC(C)(C)CC=O. The Balaban J connectivity index is -0.000000163. The average molecular weight is 202 g/mol. The average Bonchev–Trinajstić information content (AvgIpc) is 1.84. The molecule has 0 aliphatic rings. The van der Waals surface area contributed by atoms with Crippen molar-refractivity contribution in [1.82, 2.24) is 0 Å². The summed E-state index contributed by atoms with van der Waals surface area (Å²) in [6.45, 7) is 11.8. The van der Waals surface area contributed by atoms with E-state index in [4.69, 9.17) is 0 Å². The summed E-state index contributed by atoms with van der Waals surface area (Å²) >= 11 is 0. The van der Waals surface area contributed by atoms with E-state index in [1.165, 1.54) is 0 Å². The van der Waals surface area contributed by atoms with Gasteiger partial charge in [-0.2, -0.15) is 0 Å². The Morgan fingerprint density at radius 3 is 1.21 bits per heavy atom. The maximum absolute atomic E-state index is 9.83. The second-order valence-electron chi connectivity index (χ2n) is 5.42. The van der Waals surface area contributed by atoms with Crippen LogP contribution in [0.5, 0.6) is 0 Å². The van der Waals surface area contributed by atoms with Crippen molar-refractivity contribution in [2.75, 3.05) is 0 Å². The summed E-state index contributed by atoms with van der Waals surface area (Å²) in [5, 5.41) is 0. The maximum Gasteiger partial charge on any atom is 0.125 e. The van der Waals surface area contributed by atoms with Crippen LogP contribution in [0, 0.1) is 10.8 Å². The Kier molecular flexibility index (Phi) is 10.5. The van der Waals surface area contributed by atoms with Gasteiger partial charge in [0.05, 0.1) is 0 Å². The first-order valence-electron chi connectivity index (χ1n) is 4.52. The van der Waals surface area contributed by atoms with E-state index in [9.17, 15) is 9.59 Å². The summed E-state index contributed by atoms with van der Waals surface area (Å²) in [5.74, 6) is 0. The van der Waals surface area contributed by atoms with Gasteiger partial charge in [0.25, 0.3) is 0 Å². The molecule has 0 aromatic rings. The molecule has 0 spiro atoms. The zero-order valence-corrected chi connectivity index (χ0v) is 9.68. The molecule has 0 aromatic heterocycles. The molecule has 0 rings (SSSR count). The van der Waals surface area contributed by atoms with Gasteiger partial charge in [-0.15, -0.1) is 0 Å². The van der Waals surface area contributed by atoms with Gasteiger partial charge >= 0.3 is 0 Å².